The van der Waals surface area contributed by atoms with E-state index in [1.807, 2.05) is 41.8 Å². The molecule has 8 heteroatoms. The Labute approximate surface area is 226 Å². The van der Waals surface area contributed by atoms with E-state index < -0.39 is 10.0 Å². The van der Waals surface area contributed by atoms with E-state index >= 15 is 0 Å². The molecule has 0 spiro atoms. The minimum atomic E-state index is -3.76. The molecule has 0 atom stereocenters. The van der Waals surface area contributed by atoms with Crippen molar-refractivity contribution in [1.29, 1.82) is 0 Å². The molecule has 5 aromatic rings. The molecule has 0 aliphatic carbocycles. The van der Waals surface area contributed by atoms with Gasteiger partial charge in [-0.3, -0.25) is 14.4 Å². The predicted octanol–water partition coefficient (Wildman–Crippen LogP) is 6.94. The molecular formula is C30H25N3O3S2. The van der Waals surface area contributed by atoms with Crippen LogP contribution in [0.3, 0.4) is 0 Å². The third kappa shape index (κ3) is 5.37. The van der Waals surface area contributed by atoms with E-state index in [2.05, 4.69) is 34.6 Å². The van der Waals surface area contributed by atoms with E-state index in [0.717, 1.165) is 22.4 Å². The lowest BCUT2D eigenvalue weighted by atomic mass is 10.0. The number of carbonyl (C=O) groups is 1. The molecule has 1 aromatic heterocycles. The number of sulfonamides is 1. The second-order valence-electron chi connectivity index (χ2n) is 8.47. The SMILES string of the molecule is CCN(c1ccccc1)S(=O)(=O)c1ccc(C(=O)Nc2nc(-c3ccc(-c4ccccc4)cc3)cs2)cc1. The van der Waals surface area contributed by atoms with Gasteiger partial charge in [-0.1, -0.05) is 72.8 Å². The zero-order valence-electron chi connectivity index (χ0n) is 20.6. The van der Waals surface area contributed by atoms with Gasteiger partial charge in [0.05, 0.1) is 16.3 Å². The smallest absolute Gasteiger partial charge is 0.264 e. The maximum atomic E-state index is 13.2. The van der Waals surface area contributed by atoms with Crippen LogP contribution in [0.1, 0.15) is 17.3 Å². The Hall–Kier alpha value is -4.27. The van der Waals surface area contributed by atoms with Crippen molar-refractivity contribution in [3.63, 3.8) is 0 Å². The largest absolute Gasteiger partial charge is 0.298 e. The molecule has 0 fully saturated rings. The highest BCUT2D eigenvalue weighted by Crippen LogP contribution is 2.28. The van der Waals surface area contributed by atoms with Crippen LogP contribution < -0.4 is 9.62 Å². The van der Waals surface area contributed by atoms with Gasteiger partial charge in [0, 0.05) is 23.1 Å². The van der Waals surface area contributed by atoms with Crippen molar-refractivity contribution in [2.75, 3.05) is 16.2 Å². The van der Waals surface area contributed by atoms with Crippen LogP contribution in [0.15, 0.2) is 119 Å². The number of rotatable bonds is 8. The first kappa shape index (κ1) is 25.4. The number of hydrogen-bond donors (Lipinski definition) is 1. The van der Waals surface area contributed by atoms with Gasteiger partial charge in [0.25, 0.3) is 15.9 Å². The Morgan fingerprint density at radius 1 is 0.789 bits per heavy atom. The minimum absolute atomic E-state index is 0.121. The fourth-order valence-corrected chi connectivity index (χ4v) is 6.28. The Bertz CT molecular complexity index is 1630. The average Bonchev–Trinajstić information content (AvgIpc) is 3.43. The second-order valence-corrected chi connectivity index (χ2v) is 11.2. The summed E-state index contributed by atoms with van der Waals surface area (Å²) in [4.78, 5) is 17.5. The summed E-state index contributed by atoms with van der Waals surface area (Å²) in [6, 6.07) is 33.1. The van der Waals surface area contributed by atoms with Gasteiger partial charge in [0.1, 0.15) is 0 Å². The second kappa shape index (κ2) is 11.0. The number of para-hydroxylation sites is 1. The van der Waals surface area contributed by atoms with Gasteiger partial charge >= 0.3 is 0 Å². The molecule has 1 N–H and O–H groups in total. The van der Waals surface area contributed by atoms with Crippen LogP contribution in [0, 0.1) is 0 Å². The number of nitrogens with zero attached hydrogens (tertiary/aromatic N) is 2. The fraction of sp³-hybridized carbons (Fsp3) is 0.0667. The van der Waals surface area contributed by atoms with Gasteiger partial charge in [-0.05, 0) is 54.4 Å². The van der Waals surface area contributed by atoms with Crippen molar-refractivity contribution in [1.82, 2.24) is 4.98 Å². The van der Waals surface area contributed by atoms with Crippen molar-refractivity contribution in [3.8, 4) is 22.4 Å². The van der Waals surface area contributed by atoms with Crippen LogP contribution in [-0.4, -0.2) is 25.9 Å². The molecule has 0 radical (unpaired) electrons. The monoisotopic (exact) mass is 539 g/mol. The summed E-state index contributed by atoms with van der Waals surface area (Å²) in [5, 5.41) is 5.17. The van der Waals surface area contributed by atoms with Gasteiger partial charge in [-0.2, -0.15) is 0 Å². The summed E-state index contributed by atoms with van der Waals surface area (Å²) < 4.78 is 27.7. The fourth-order valence-electron chi connectivity index (χ4n) is 4.09. The Morgan fingerprint density at radius 2 is 1.37 bits per heavy atom. The highest BCUT2D eigenvalue weighted by atomic mass is 32.2. The third-order valence-corrected chi connectivity index (χ3v) is 8.72. The van der Waals surface area contributed by atoms with Gasteiger partial charge in [-0.15, -0.1) is 11.3 Å². The molecule has 0 aliphatic heterocycles. The van der Waals surface area contributed by atoms with Crippen LogP contribution in [-0.2, 0) is 10.0 Å². The summed E-state index contributed by atoms with van der Waals surface area (Å²) in [5.41, 5.74) is 4.92. The van der Waals surface area contributed by atoms with Crippen LogP contribution in [0.2, 0.25) is 0 Å². The zero-order valence-corrected chi connectivity index (χ0v) is 22.2. The summed E-state index contributed by atoms with van der Waals surface area (Å²) >= 11 is 1.33. The van der Waals surface area contributed by atoms with Crippen molar-refractivity contribution in [2.45, 2.75) is 11.8 Å². The average molecular weight is 540 g/mol. The third-order valence-electron chi connectivity index (χ3n) is 6.05. The first-order chi connectivity index (χ1) is 18.5. The van der Waals surface area contributed by atoms with Crippen molar-refractivity contribution in [2.24, 2.45) is 0 Å². The van der Waals surface area contributed by atoms with Crippen molar-refractivity contribution >= 4 is 38.1 Å². The Kier molecular flexibility index (Phi) is 7.35. The highest BCUT2D eigenvalue weighted by molar-refractivity contribution is 7.92. The summed E-state index contributed by atoms with van der Waals surface area (Å²) in [6.45, 7) is 2.07. The maximum absolute atomic E-state index is 13.2. The van der Waals surface area contributed by atoms with E-state index in [0.29, 0.717) is 16.4 Å². The normalized spacial score (nSPS) is 11.2. The van der Waals surface area contributed by atoms with Crippen LogP contribution >= 0.6 is 11.3 Å². The quantitative estimate of drug-likeness (QED) is 0.232. The van der Waals surface area contributed by atoms with Crippen LogP contribution in [0.5, 0.6) is 0 Å². The van der Waals surface area contributed by atoms with E-state index in [4.69, 9.17) is 0 Å². The van der Waals surface area contributed by atoms with Gasteiger partial charge in [0.15, 0.2) is 5.13 Å². The Balaban J connectivity index is 1.27. The van der Waals surface area contributed by atoms with Gasteiger partial charge in [-0.25, -0.2) is 13.4 Å². The van der Waals surface area contributed by atoms with E-state index in [9.17, 15) is 13.2 Å². The first-order valence-corrected chi connectivity index (χ1v) is 14.4. The first-order valence-electron chi connectivity index (χ1n) is 12.1. The molecule has 0 saturated heterocycles. The molecule has 0 saturated carbocycles. The summed E-state index contributed by atoms with van der Waals surface area (Å²) in [5.74, 6) is -0.357. The van der Waals surface area contributed by atoms with Crippen LogP contribution in [0.25, 0.3) is 22.4 Å². The van der Waals surface area contributed by atoms with E-state index in [1.54, 1.807) is 31.2 Å². The summed E-state index contributed by atoms with van der Waals surface area (Å²) in [7, 11) is -3.76. The molecule has 0 bridgehead atoms. The van der Waals surface area contributed by atoms with E-state index in [-0.39, 0.29) is 17.3 Å². The lowest BCUT2D eigenvalue weighted by Crippen LogP contribution is -2.30. The molecule has 1 amide bonds. The molecule has 4 aromatic carbocycles. The molecule has 38 heavy (non-hydrogen) atoms. The minimum Gasteiger partial charge on any atom is -0.298 e. The molecule has 6 nitrogen and oxygen atoms in total. The molecule has 190 valence electrons. The van der Waals surface area contributed by atoms with E-state index in [1.165, 1.54) is 39.9 Å². The number of anilines is 2. The molecular weight excluding hydrogens is 514 g/mol. The number of aromatic nitrogens is 1. The standard InChI is InChI=1S/C30H25N3O3S2/c1-2-33(26-11-7-4-8-12-26)38(35,36)27-19-17-25(18-20-27)29(34)32-30-31-28(21-37-30)24-15-13-23(14-16-24)22-9-5-3-6-10-22/h3-21H,2H2,1H3,(H,31,32,34). The lowest BCUT2D eigenvalue weighted by Gasteiger charge is -2.22. The van der Waals surface area contributed by atoms with Gasteiger partial charge < -0.3 is 0 Å². The number of benzene rings is 4. The Morgan fingerprint density at radius 3 is 2.00 bits per heavy atom. The highest BCUT2D eigenvalue weighted by Gasteiger charge is 2.23. The van der Waals surface area contributed by atoms with Gasteiger partial charge in [0.2, 0.25) is 0 Å². The number of hydrogen-bond acceptors (Lipinski definition) is 5. The predicted molar refractivity (Wildman–Crippen MR) is 154 cm³/mol. The molecule has 0 unspecified atom stereocenters. The van der Waals surface area contributed by atoms with Crippen LogP contribution in [0.4, 0.5) is 10.8 Å². The molecule has 0 aliphatic rings. The lowest BCUT2D eigenvalue weighted by molar-refractivity contribution is 0.102. The molecule has 5 rings (SSSR count). The topological polar surface area (TPSA) is 79.4 Å². The number of nitrogens with one attached hydrogen (secondary N) is 1. The number of amides is 1. The summed E-state index contributed by atoms with van der Waals surface area (Å²) in [6.07, 6.45) is 0. The number of carbonyl (C=O) groups excluding carboxylic acids is 1. The maximum Gasteiger partial charge on any atom is 0.264 e. The zero-order chi connectivity index (χ0) is 26.5. The van der Waals surface area contributed by atoms with Crippen molar-refractivity contribution < 1.29 is 13.2 Å². The molecule has 1 heterocycles. The number of thiazole rings is 1. The van der Waals surface area contributed by atoms with Crippen molar-refractivity contribution in [3.05, 3.63) is 120 Å².